The molecule has 2 aromatic rings. The molecule has 0 aliphatic rings. The van der Waals surface area contributed by atoms with Crippen molar-refractivity contribution in [3.05, 3.63) is 12.0 Å². The summed E-state index contributed by atoms with van der Waals surface area (Å²) in [6, 6.07) is 0. The standard InChI is InChI=1S/C11H13N5O/c1-11(2,17)5-4-7-8-9(12)13-6-14-10(8)16(3)15-7/h6,17H,1-3H3,(H2,12,13,14). The second kappa shape index (κ2) is 3.71. The van der Waals surface area contributed by atoms with Crippen molar-refractivity contribution in [1.29, 1.82) is 0 Å². The van der Waals surface area contributed by atoms with Gasteiger partial charge in [0.15, 0.2) is 5.65 Å². The summed E-state index contributed by atoms with van der Waals surface area (Å²) >= 11 is 0. The van der Waals surface area contributed by atoms with E-state index in [2.05, 4.69) is 26.9 Å². The summed E-state index contributed by atoms with van der Waals surface area (Å²) in [7, 11) is 1.75. The van der Waals surface area contributed by atoms with Crippen LogP contribution in [0.3, 0.4) is 0 Å². The van der Waals surface area contributed by atoms with Crippen LogP contribution < -0.4 is 5.73 Å². The molecule has 0 fully saturated rings. The fraction of sp³-hybridized carbons (Fsp3) is 0.364. The Labute approximate surface area is 98.5 Å². The molecule has 0 bridgehead atoms. The summed E-state index contributed by atoms with van der Waals surface area (Å²) in [6.07, 6.45) is 1.38. The molecule has 0 atom stereocenters. The molecule has 17 heavy (non-hydrogen) atoms. The maximum Gasteiger partial charge on any atom is 0.164 e. The van der Waals surface area contributed by atoms with Gasteiger partial charge in [-0.15, -0.1) is 0 Å². The van der Waals surface area contributed by atoms with Crippen LogP contribution in [0.25, 0.3) is 11.0 Å². The van der Waals surface area contributed by atoms with Crippen molar-refractivity contribution in [2.45, 2.75) is 19.4 Å². The first-order chi connectivity index (χ1) is 7.88. The third-order valence-corrected chi connectivity index (χ3v) is 2.14. The predicted octanol–water partition coefficient (Wildman–Crippen LogP) is 0.0679. The monoisotopic (exact) mass is 231 g/mol. The Hall–Kier alpha value is -2.13. The smallest absolute Gasteiger partial charge is 0.164 e. The Bertz CT molecular complexity index is 627. The van der Waals surface area contributed by atoms with Gasteiger partial charge < -0.3 is 10.8 Å². The highest BCUT2D eigenvalue weighted by Gasteiger charge is 2.13. The zero-order chi connectivity index (χ0) is 12.6. The number of aromatic nitrogens is 4. The number of hydrogen-bond donors (Lipinski definition) is 2. The zero-order valence-corrected chi connectivity index (χ0v) is 9.89. The van der Waals surface area contributed by atoms with E-state index in [1.807, 2.05) is 0 Å². The quantitative estimate of drug-likeness (QED) is 0.626. The van der Waals surface area contributed by atoms with Gasteiger partial charge in [0, 0.05) is 7.05 Å². The molecule has 0 saturated heterocycles. The third kappa shape index (κ3) is 2.19. The Morgan fingerprint density at radius 3 is 2.76 bits per heavy atom. The predicted molar refractivity (Wildman–Crippen MR) is 63.9 cm³/mol. The lowest BCUT2D eigenvalue weighted by Gasteiger charge is -2.05. The number of nitrogen functional groups attached to an aromatic ring is 1. The Kier molecular flexibility index (Phi) is 2.48. The van der Waals surface area contributed by atoms with E-state index in [-0.39, 0.29) is 0 Å². The van der Waals surface area contributed by atoms with Crippen molar-refractivity contribution in [2.75, 3.05) is 5.73 Å². The van der Waals surface area contributed by atoms with Gasteiger partial charge in [-0.2, -0.15) is 5.10 Å². The van der Waals surface area contributed by atoms with Gasteiger partial charge in [-0.3, -0.25) is 0 Å². The summed E-state index contributed by atoms with van der Waals surface area (Å²) in [6.45, 7) is 3.20. The summed E-state index contributed by atoms with van der Waals surface area (Å²) in [4.78, 5) is 7.99. The summed E-state index contributed by atoms with van der Waals surface area (Å²) in [5.41, 5.74) is 5.80. The Morgan fingerprint density at radius 2 is 2.12 bits per heavy atom. The Morgan fingerprint density at radius 1 is 1.41 bits per heavy atom. The number of nitrogens with two attached hydrogens (primary N) is 1. The molecule has 2 rings (SSSR count). The lowest BCUT2D eigenvalue weighted by molar-refractivity contribution is 0.143. The second-order valence-electron chi connectivity index (χ2n) is 4.24. The van der Waals surface area contributed by atoms with Gasteiger partial charge in [-0.05, 0) is 19.8 Å². The highest BCUT2D eigenvalue weighted by atomic mass is 16.3. The normalized spacial score (nSPS) is 11.3. The number of rotatable bonds is 0. The van der Waals surface area contributed by atoms with Crippen molar-refractivity contribution in [3.63, 3.8) is 0 Å². The molecular formula is C11H13N5O. The largest absolute Gasteiger partial charge is 0.383 e. The van der Waals surface area contributed by atoms with E-state index >= 15 is 0 Å². The molecule has 0 spiro atoms. The van der Waals surface area contributed by atoms with Crippen LogP contribution in [-0.4, -0.2) is 30.5 Å². The van der Waals surface area contributed by atoms with Crippen LogP contribution in [0.2, 0.25) is 0 Å². The van der Waals surface area contributed by atoms with Gasteiger partial charge in [0.2, 0.25) is 0 Å². The van der Waals surface area contributed by atoms with Gasteiger partial charge in [0.05, 0.1) is 5.39 Å². The number of nitrogens with zero attached hydrogens (tertiary/aromatic N) is 4. The fourth-order valence-electron chi connectivity index (χ4n) is 1.41. The molecule has 0 radical (unpaired) electrons. The molecule has 3 N–H and O–H groups in total. The molecular weight excluding hydrogens is 218 g/mol. The zero-order valence-electron chi connectivity index (χ0n) is 9.89. The number of hydrogen-bond acceptors (Lipinski definition) is 5. The minimum atomic E-state index is -1.08. The van der Waals surface area contributed by atoms with E-state index in [1.54, 1.807) is 25.6 Å². The first-order valence-corrected chi connectivity index (χ1v) is 5.07. The van der Waals surface area contributed by atoms with Gasteiger partial charge in [0.25, 0.3) is 0 Å². The van der Waals surface area contributed by atoms with E-state index in [9.17, 15) is 5.11 Å². The summed E-state index contributed by atoms with van der Waals surface area (Å²) in [5, 5.41) is 14.4. The number of anilines is 1. The molecule has 6 nitrogen and oxygen atoms in total. The molecule has 0 saturated carbocycles. The lowest BCUT2D eigenvalue weighted by Crippen LogP contribution is -2.14. The molecule has 88 valence electrons. The Balaban J connectivity index is 2.66. The summed E-state index contributed by atoms with van der Waals surface area (Å²) in [5.74, 6) is 5.82. The van der Waals surface area contributed by atoms with Crippen molar-refractivity contribution < 1.29 is 5.11 Å². The van der Waals surface area contributed by atoms with E-state index in [0.717, 1.165) is 0 Å². The molecule has 0 aliphatic heterocycles. The van der Waals surface area contributed by atoms with Gasteiger partial charge in [-0.25, -0.2) is 14.6 Å². The minimum absolute atomic E-state index is 0.336. The molecule has 0 unspecified atom stereocenters. The molecule has 6 heteroatoms. The average Bonchev–Trinajstić information content (AvgIpc) is 2.54. The number of aliphatic hydroxyl groups is 1. The van der Waals surface area contributed by atoms with E-state index in [1.165, 1.54) is 6.33 Å². The topological polar surface area (TPSA) is 89.8 Å². The maximum atomic E-state index is 9.56. The van der Waals surface area contributed by atoms with Crippen LogP contribution in [-0.2, 0) is 7.05 Å². The highest BCUT2D eigenvalue weighted by Crippen LogP contribution is 2.19. The third-order valence-electron chi connectivity index (χ3n) is 2.14. The summed E-state index contributed by atoms with van der Waals surface area (Å²) < 4.78 is 1.59. The van der Waals surface area contributed by atoms with Crippen molar-refractivity contribution in [3.8, 4) is 11.8 Å². The fourth-order valence-corrected chi connectivity index (χ4v) is 1.41. The first-order valence-electron chi connectivity index (χ1n) is 5.07. The van der Waals surface area contributed by atoms with Crippen LogP contribution in [0, 0.1) is 11.8 Å². The van der Waals surface area contributed by atoms with Crippen LogP contribution in [0.15, 0.2) is 6.33 Å². The van der Waals surface area contributed by atoms with Gasteiger partial charge >= 0.3 is 0 Å². The van der Waals surface area contributed by atoms with Crippen LogP contribution in [0.4, 0.5) is 5.82 Å². The van der Waals surface area contributed by atoms with Crippen molar-refractivity contribution in [2.24, 2.45) is 7.05 Å². The average molecular weight is 231 g/mol. The van der Waals surface area contributed by atoms with Crippen molar-refractivity contribution >= 4 is 16.9 Å². The van der Waals surface area contributed by atoms with E-state index in [0.29, 0.717) is 22.5 Å². The molecule has 0 aromatic carbocycles. The first kappa shape index (κ1) is 11.4. The lowest BCUT2D eigenvalue weighted by atomic mass is 10.1. The molecule has 2 aromatic heterocycles. The minimum Gasteiger partial charge on any atom is -0.383 e. The van der Waals surface area contributed by atoms with E-state index < -0.39 is 5.60 Å². The SMILES string of the molecule is Cn1nc(C#CC(C)(C)O)c2c(N)ncnc21. The number of fused-ring (bicyclic) bond motifs is 1. The molecule has 0 aliphatic carbocycles. The number of aryl methyl sites for hydroxylation is 1. The van der Waals surface area contributed by atoms with E-state index in [4.69, 9.17) is 5.73 Å². The van der Waals surface area contributed by atoms with Crippen LogP contribution >= 0.6 is 0 Å². The maximum absolute atomic E-state index is 9.56. The van der Waals surface area contributed by atoms with Crippen molar-refractivity contribution in [1.82, 2.24) is 19.7 Å². The molecule has 2 heterocycles. The second-order valence-corrected chi connectivity index (χ2v) is 4.24. The van der Waals surface area contributed by atoms with Gasteiger partial charge in [0.1, 0.15) is 23.4 Å². The van der Waals surface area contributed by atoms with Crippen LogP contribution in [0.5, 0.6) is 0 Å². The molecule has 0 amide bonds. The highest BCUT2D eigenvalue weighted by molar-refractivity contribution is 5.90. The van der Waals surface area contributed by atoms with Gasteiger partial charge in [-0.1, -0.05) is 5.92 Å². The van der Waals surface area contributed by atoms with Crippen LogP contribution in [0.1, 0.15) is 19.5 Å².